The smallest absolute Gasteiger partial charge is 0.265 e. The van der Waals surface area contributed by atoms with Crippen LogP contribution < -0.4 is 4.80 Å². The minimum Gasteiger partial charge on any atom is -0.265 e. The van der Waals surface area contributed by atoms with E-state index in [2.05, 4.69) is 15.1 Å². The SMILES string of the molecule is CCSc1cccnc1C(=O)N=c1sc(C(F)(F)F)nn1C. The number of nitrogens with zero attached hydrogens (tertiary/aromatic N) is 4. The van der Waals surface area contributed by atoms with Crippen LogP contribution in [-0.2, 0) is 13.2 Å². The normalized spacial score (nSPS) is 12.7. The first-order valence-corrected chi connectivity index (χ1v) is 7.91. The van der Waals surface area contributed by atoms with Gasteiger partial charge in [0, 0.05) is 18.1 Å². The lowest BCUT2D eigenvalue weighted by molar-refractivity contribution is -0.138. The van der Waals surface area contributed by atoms with Gasteiger partial charge in [-0.1, -0.05) is 18.3 Å². The number of thioether (sulfide) groups is 1. The molecule has 0 aliphatic rings. The Morgan fingerprint density at radius 2 is 2.23 bits per heavy atom. The van der Waals surface area contributed by atoms with E-state index in [4.69, 9.17) is 0 Å². The highest BCUT2D eigenvalue weighted by atomic mass is 32.2. The summed E-state index contributed by atoms with van der Waals surface area (Å²) < 4.78 is 38.7. The van der Waals surface area contributed by atoms with Gasteiger partial charge in [0.2, 0.25) is 9.81 Å². The molecule has 0 saturated heterocycles. The minimum absolute atomic E-state index is 0.122. The molecule has 0 aliphatic carbocycles. The lowest BCUT2D eigenvalue weighted by Gasteiger charge is -2.02. The van der Waals surface area contributed by atoms with Gasteiger partial charge in [0.05, 0.1) is 0 Å². The third-order valence-corrected chi connectivity index (χ3v) is 4.39. The van der Waals surface area contributed by atoms with Crippen LogP contribution in [0, 0.1) is 0 Å². The first-order chi connectivity index (χ1) is 10.3. The summed E-state index contributed by atoms with van der Waals surface area (Å²) in [5.41, 5.74) is 0.122. The van der Waals surface area contributed by atoms with Crippen molar-refractivity contribution < 1.29 is 18.0 Å². The highest BCUT2D eigenvalue weighted by Gasteiger charge is 2.35. The number of aromatic nitrogens is 3. The number of carbonyl (C=O) groups is 1. The van der Waals surface area contributed by atoms with Gasteiger partial charge in [0.25, 0.3) is 5.91 Å². The van der Waals surface area contributed by atoms with Crippen LogP contribution in [0.15, 0.2) is 28.2 Å². The van der Waals surface area contributed by atoms with Crippen LogP contribution in [0.3, 0.4) is 0 Å². The van der Waals surface area contributed by atoms with Gasteiger partial charge >= 0.3 is 6.18 Å². The van der Waals surface area contributed by atoms with Crippen LogP contribution in [0.2, 0.25) is 0 Å². The van der Waals surface area contributed by atoms with Crippen molar-refractivity contribution in [2.45, 2.75) is 18.0 Å². The van der Waals surface area contributed by atoms with E-state index >= 15 is 0 Å². The molecule has 2 heterocycles. The Bertz CT molecular complexity index is 751. The standard InChI is InChI=1S/C12H11F3N4OS2/c1-3-21-7-5-4-6-16-8(7)9(20)17-11-19(2)18-10(22-11)12(13,14)15/h4-6H,3H2,1-2H3. The molecule has 118 valence electrons. The Hall–Kier alpha value is -1.68. The molecule has 2 aromatic heterocycles. The predicted octanol–water partition coefficient (Wildman–Crippen LogP) is 2.75. The molecule has 0 aromatic carbocycles. The average Bonchev–Trinajstić information content (AvgIpc) is 2.81. The quantitative estimate of drug-likeness (QED) is 0.801. The molecular formula is C12H11F3N4OS2. The molecule has 22 heavy (non-hydrogen) atoms. The van der Waals surface area contributed by atoms with E-state index in [-0.39, 0.29) is 10.5 Å². The summed E-state index contributed by atoms with van der Waals surface area (Å²) in [6.45, 7) is 1.92. The molecule has 1 amide bonds. The van der Waals surface area contributed by atoms with Gasteiger partial charge in [0.15, 0.2) is 0 Å². The molecule has 0 atom stereocenters. The number of halogens is 3. The van der Waals surface area contributed by atoms with Crippen LogP contribution in [0.4, 0.5) is 13.2 Å². The maximum atomic E-state index is 12.6. The fourth-order valence-corrected chi connectivity index (χ4v) is 3.04. The molecule has 0 N–H and O–H groups in total. The largest absolute Gasteiger partial charge is 0.445 e. The molecule has 0 saturated carbocycles. The second kappa shape index (κ2) is 6.61. The molecule has 2 rings (SSSR count). The van der Waals surface area contributed by atoms with Gasteiger partial charge < -0.3 is 0 Å². The van der Waals surface area contributed by atoms with E-state index in [0.717, 1.165) is 10.4 Å². The molecule has 0 bridgehead atoms. The van der Waals surface area contributed by atoms with Crippen LogP contribution >= 0.6 is 23.1 Å². The molecule has 0 fully saturated rings. The number of hydrogen-bond donors (Lipinski definition) is 0. The first kappa shape index (κ1) is 16.7. The predicted molar refractivity (Wildman–Crippen MR) is 76.6 cm³/mol. The maximum Gasteiger partial charge on any atom is 0.445 e. The molecule has 10 heteroatoms. The van der Waals surface area contributed by atoms with Crippen LogP contribution in [0.1, 0.15) is 22.4 Å². The molecular weight excluding hydrogens is 337 g/mol. The average molecular weight is 348 g/mol. The molecule has 5 nitrogen and oxygen atoms in total. The van der Waals surface area contributed by atoms with Crippen LogP contribution in [-0.4, -0.2) is 26.4 Å². The van der Waals surface area contributed by atoms with Crippen molar-refractivity contribution in [3.8, 4) is 0 Å². The summed E-state index contributed by atoms with van der Waals surface area (Å²) >= 11 is 1.73. The third kappa shape index (κ3) is 3.74. The topological polar surface area (TPSA) is 60.1 Å². The summed E-state index contributed by atoms with van der Waals surface area (Å²) in [4.78, 5) is 20.4. The first-order valence-electron chi connectivity index (χ1n) is 6.11. The number of hydrogen-bond acceptors (Lipinski definition) is 5. The van der Waals surface area contributed by atoms with E-state index in [1.165, 1.54) is 25.0 Å². The van der Waals surface area contributed by atoms with E-state index in [1.807, 2.05) is 6.92 Å². The second-order valence-electron chi connectivity index (χ2n) is 4.01. The Morgan fingerprint density at radius 1 is 1.50 bits per heavy atom. The number of rotatable bonds is 3. The molecule has 0 aliphatic heterocycles. The zero-order chi connectivity index (χ0) is 16.3. The highest BCUT2D eigenvalue weighted by Crippen LogP contribution is 2.29. The Balaban J connectivity index is 2.42. The van der Waals surface area contributed by atoms with E-state index in [9.17, 15) is 18.0 Å². The minimum atomic E-state index is -4.56. The van der Waals surface area contributed by atoms with Crippen molar-refractivity contribution in [2.24, 2.45) is 12.0 Å². The van der Waals surface area contributed by atoms with Crippen molar-refractivity contribution in [3.63, 3.8) is 0 Å². The van der Waals surface area contributed by atoms with Crippen molar-refractivity contribution >= 4 is 29.0 Å². The van der Waals surface area contributed by atoms with Gasteiger partial charge in [-0.05, 0) is 17.9 Å². The summed E-state index contributed by atoms with van der Waals surface area (Å²) in [6.07, 6.45) is -3.12. The highest BCUT2D eigenvalue weighted by molar-refractivity contribution is 7.99. The summed E-state index contributed by atoms with van der Waals surface area (Å²) in [5.74, 6) is 0.0444. The van der Waals surface area contributed by atoms with Crippen molar-refractivity contribution in [2.75, 3.05) is 5.75 Å². The lowest BCUT2D eigenvalue weighted by Crippen LogP contribution is -2.15. The third-order valence-electron chi connectivity index (χ3n) is 2.42. The van der Waals surface area contributed by atoms with Crippen molar-refractivity contribution in [1.29, 1.82) is 0 Å². The van der Waals surface area contributed by atoms with Gasteiger partial charge in [0.1, 0.15) is 5.69 Å². The molecule has 2 aromatic rings. The van der Waals surface area contributed by atoms with Gasteiger partial charge in [-0.25, -0.2) is 9.67 Å². The monoisotopic (exact) mass is 348 g/mol. The Morgan fingerprint density at radius 3 is 2.82 bits per heavy atom. The fraction of sp³-hybridized carbons (Fsp3) is 0.333. The Labute approximate surface area is 131 Å². The molecule has 0 unspecified atom stereocenters. The maximum absolute atomic E-state index is 12.6. The van der Waals surface area contributed by atoms with Crippen LogP contribution in [0.5, 0.6) is 0 Å². The Kier molecular flexibility index (Phi) is 5.01. The molecule has 0 radical (unpaired) electrons. The number of amides is 1. The summed E-state index contributed by atoms with van der Waals surface area (Å²) in [7, 11) is 1.30. The fourth-order valence-electron chi connectivity index (χ4n) is 1.52. The van der Waals surface area contributed by atoms with E-state index in [1.54, 1.807) is 12.1 Å². The number of carbonyl (C=O) groups excluding carboxylic acids is 1. The van der Waals surface area contributed by atoms with Crippen molar-refractivity contribution in [1.82, 2.24) is 14.8 Å². The zero-order valence-electron chi connectivity index (χ0n) is 11.6. The number of aryl methyl sites for hydroxylation is 1. The van der Waals surface area contributed by atoms with Crippen molar-refractivity contribution in [3.05, 3.63) is 33.8 Å². The number of alkyl halides is 3. The lowest BCUT2D eigenvalue weighted by atomic mass is 10.3. The van der Waals surface area contributed by atoms with Gasteiger partial charge in [-0.3, -0.25) is 4.79 Å². The van der Waals surface area contributed by atoms with E-state index < -0.39 is 17.1 Å². The van der Waals surface area contributed by atoms with Gasteiger partial charge in [-0.15, -0.1) is 11.8 Å². The van der Waals surface area contributed by atoms with Crippen LogP contribution in [0.25, 0.3) is 0 Å². The number of pyridine rings is 1. The van der Waals surface area contributed by atoms with Gasteiger partial charge in [-0.2, -0.15) is 23.3 Å². The summed E-state index contributed by atoms with van der Waals surface area (Å²) in [5, 5.41) is 2.28. The molecule has 0 spiro atoms. The second-order valence-corrected chi connectivity index (χ2v) is 6.27. The summed E-state index contributed by atoms with van der Waals surface area (Å²) in [6, 6.07) is 3.40. The zero-order valence-corrected chi connectivity index (χ0v) is 13.2. The van der Waals surface area contributed by atoms with E-state index in [0.29, 0.717) is 16.2 Å².